The zero-order chi connectivity index (χ0) is 20.5. The molecule has 10 heteroatoms. The van der Waals surface area contributed by atoms with Crippen molar-refractivity contribution >= 4 is 5.84 Å². The number of rotatable bonds is 4. The van der Waals surface area contributed by atoms with Gasteiger partial charge in [-0.3, -0.25) is 4.99 Å². The van der Waals surface area contributed by atoms with Crippen LogP contribution >= 0.6 is 0 Å². The van der Waals surface area contributed by atoms with Crippen molar-refractivity contribution in [1.82, 2.24) is 20.3 Å². The Bertz CT molecular complexity index is 882. The van der Waals surface area contributed by atoms with Crippen LogP contribution in [-0.4, -0.2) is 85.4 Å². The fourth-order valence-electron chi connectivity index (χ4n) is 3.59. The van der Waals surface area contributed by atoms with Crippen LogP contribution in [0.1, 0.15) is 23.9 Å². The maximum Gasteiger partial charge on any atom is 0.181 e. The highest BCUT2D eigenvalue weighted by Gasteiger charge is 2.45. The SMILES string of the molecule is Cc1ccc(-c2c(C3=NCCCN3)nnn2[C@@H]2O[C@H](CO)[C@@H](O)[C@H](O)[C@H]2O)cc1. The van der Waals surface area contributed by atoms with Crippen molar-refractivity contribution in [3.8, 4) is 11.3 Å². The highest BCUT2D eigenvalue weighted by Crippen LogP contribution is 2.33. The Morgan fingerprint density at radius 1 is 1.14 bits per heavy atom. The van der Waals surface area contributed by atoms with Gasteiger partial charge in [-0.2, -0.15) is 0 Å². The van der Waals surface area contributed by atoms with E-state index in [0.29, 0.717) is 23.8 Å². The van der Waals surface area contributed by atoms with Crippen LogP contribution in [0.25, 0.3) is 11.3 Å². The number of aryl methyl sites for hydroxylation is 1. The van der Waals surface area contributed by atoms with Gasteiger partial charge in [0.1, 0.15) is 30.1 Å². The lowest BCUT2D eigenvalue weighted by molar-refractivity contribution is -0.253. The van der Waals surface area contributed by atoms with Gasteiger partial charge in [0, 0.05) is 18.7 Å². The van der Waals surface area contributed by atoms with Crippen LogP contribution in [0, 0.1) is 6.92 Å². The minimum Gasteiger partial charge on any atom is -0.394 e. The van der Waals surface area contributed by atoms with Crippen LogP contribution in [0.15, 0.2) is 29.3 Å². The average Bonchev–Trinajstić information content (AvgIpc) is 3.18. The Morgan fingerprint density at radius 2 is 1.90 bits per heavy atom. The van der Waals surface area contributed by atoms with Gasteiger partial charge in [0.05, 0.1) is 6.61 Å². The summed E-state index contributed by atoms with van der Waals surface area (Å²) in [5, 5.41) is 52.0. The topological polar surface area (TPSA) is 145 Å². The number of hydrogen-bond donors (Lipinski definition) is 5. The molecule has 0 radical (unpaired) electrons. The molecule has 1 saturated heterocycles. The molecule has 2 aromatic rings. The number of nitrogens with zero attached hydrogens (tertiary/aromatic N) is 4. The first-order valence-corrected chi connectivity index (χ1v) is 9.62. The van der Waals surface area contributed by atoms with E-state index in [9.17, 15) is 20.4 Å². The Labute approximate surface area is 167 Å². The van der Waals surface area contributed by atoms with Gasteiger partial charge in [-0.25, -0.2) is 4.68 Å². The van der Waals surface area contributed by atoms with E-state index in [-0.39, 0.29) is 0 Å². The number of benzene rings is 1. The lowest BCUT2D eigenvalue weighted by Gasteiger charge is -2.40. The molecule has 1 aromatic carbocycles. The van der Waals surface area contributed by atoms with Crippen LogP contribution in [0.5, 0.6) is 0 Å². The van der Waals surface area contributed by atoms with Crippen molar-refractivity contribution in [1.29, 1.82) is 0 Å². The Morgan fingerprint density at radius 3 is 2.55 bits per heavy atom. The van der Waals surface area contributed by atoms with Crippen LogP contribution in [0.3, 0.4) is 0 Å². The molecule has 156 valence electrons. The zero-order valence-corrected chi connectivity index (χ0v) is 16.0. The molecule has 0 bridgehead atoms. The molecule has 3 heterocycles. The van der Waals surface area contributed by atoms with Gasteiger partial charge >= 0.3 is 0 Å². The van der Waals surface area contributed by atoms with Crippen molar-refractivity contribution in [2.24, 2.45) is 4.99 Å². The summed E-state index contributed by atoms with van der Waals surface area (Å²) in [6, 6.07) is 7.70. The number of aliphatic hydroxyl groups is 4. The summed E-state index contributed by atoms with van der Waals surface area (Å²) < 4.78 is 7.07. The normalized spacial score (nSPS) is 30.0. The lowest BCUT2D eigenvalue weighted by atomic mass is 9.98. The van der Waals surface area contributed by atoms with Crippen molar-refractivity contribution in [3.63, 3.8) is 0 Å². The molecule has 0 aliphatic carbocycles. The lowest BCUT2D eigenvalue weighted by Crippen LogP contribution is -2.56. The summed E-state index contributed by atoms with van der Waals surface area (Å²) in [6.07, 6.45) is -5.68. The third-order valence-corrected chi connectivity index (χ3v) is 5.25. The van der Waals surface area contributed by atoms with Gasteiger partial charge < -0.3 is 30.5 Å². The second-order valence-electron chi connectivity index (χ2n) is 7.33. The van der Waals surface area contributed by atoms with E-state index < -0.39 is 37.3 Å². The summed E-state index contributed by atoms with van der Waals surface area (Å²) in [6.45, 7) is 2.89. The third kappa shape index (κ3) is 3.65. The van der Waals surface area contributed by atoms with Gasteiger partial charge in [0.25, 0.3) is 0 Å². The standard InChI is InChI=1S/C19H25N5O5/c1-10-3-5-11(6-4-10)14-13(18-20-7-2-8-21-18)22-23-24(14)19-17(28)16(27)15(26)12(9-25)29-19/h3-6,12,15-17,19,25-28H,2,7-9H2,1H3,(H,20,21)/t12-,15-,16+,17-,19-/m1/s1. The molecule has 0 unspecified atom stereocenters. The molecule has 2 aliphatic rings. The first kappa shape index (κ1) is 19.9. The van der Waals surface area contributed by atoms with Crippen LogP contribution in [0.2, 0.25) is 0 Å². The van der Waals surface area contributed by atoms with Crippen LogP contribution in [0.4, 0.5) is 0 Å². The molecule has 0 saturated carbocycles. The number of aromatic nitrogens is 3. The zero-order valence-electron chi connectivity index (χ0n) is 16.0. The van der Waals surface area contributed by atoms with Gasteiger partial charge in [0.15, 0.2) is 17.8 Å². The van der Waals surface area contributed by atoms with Crippen molar-refractivity contribution in [3.05, 3.63) is 35.5 Å². The molecular formula is C19H25N5O5. The fraction of sp³-hybridized carbons (Fsp3) is 0.526. The molecule has 2 aliphatic heterocycles. The predicted octanol–water partition coefficient (Wildman–Crippen LogP) is -1.03. The van der Waals surface area contributed by atoms with Gasteiger partial charge in [-0.05, 0) is 13.3 Å². The highest BCUT2D eigenvalue weighted by molar-refractivity contribution is 6.02. The molecule has 0 amide bonds. The molecule has 10 nitrogen and oxygen atoms in total. The maximum atomic E-state index is 10.6. The summed E-state index contributed by atoms with van der Waals surface area (Å²) >= 11 is 0. The minimum absolute atomic E-state index is 0.505. The number of aliphatic imine (C=N–C) groups is 1. The highest BCUT2D eigenvalue weighted by atomic mass is 16.6. The third-order valence-electron chi connectivity index (χ3n) is 5.25. The van der Waals surface area contributed by atoms with E-state index in [2.05, 4.69) is 20.6 Å². The minimum atomic E-state index is -1.51. The first-order chi connectivity index (χ1) is 14.0. The predicted molar refractivity (Wildman–Crippen MR) is 103 cm³/mol. The van der Waals surface area contributed by atoms with E-state index in [0.717, 1.165) is 24.1 Å². The first-order valence-electron chi connectivity index (χ1n) is 9.62. The van der Waals surface area contributed by atoms with Crippen LogP contribution < -0.4 is 5.32 Å². The Kier molecular flexibility index (Phi) is 5.61. The van der Waals surface area contributed by atoms with E-state index in [1.807, 2.05) is 31.2 Å². The maximum absolute atomic E-state index is 10.6. The number of nitrogens with one attached hydrogen (secondary N) is 1. The number of aliphatic hydroxyl groups excluding tert-OH is 4. The monoisotopic (exact) mass is 403 g/mol. The molecule has 0 spiro atoms. The summed E-state index contributed by atoms with van der Waals surface area (Å²) in [7, 11) is 0. The number of hydrogen-bond acceptors (Lipinski definition) is 9. The Balaban J connectivity index is 1.82. The van der Waals surface area contributed by atoms with Crippen molar-refractivity contribution < 1.29 is 25.2 Å². The fourth-order valence-corrected chi connectivity index (χ4v) is 3.59. The van der Waals surface area contributed by atoms with Crippen molar-refractivity contribution in [2.75, 3.05) is 19.7 Å². The molecule has 5 atom stereocenters. The molecular weight excluding hydrogens is 378 g/mol. The molecule has 1 aromatic heterocycles. The number of ether oxygens (including phenoxy) is 1. The van der Waals surface area contributed by atoms with Gasteiger partial charge in [-0.1, -0.05) is 35.0 Å². The average molecular weight is 403 g/mol. The summed E-state index contributed by atoms with van der Waals surface area (Å²) in [5.41, 5.74) is 2.92. The van der Waals surface area contributed by atoms with Crippen molar-refractivity contribution in [2.45, 2.75) is 44.0 Å². The molecule has 1 fully saturated rings. The van der Waals surface area contributed by atoms with E-state index in [1.165, 1.54) is 4.68 Å². The number of amidine groups is 1. The van der Waals surface area contributed by atoms with E-state index in [1.54, 1.807) is 0 Å². The molecule has 29 heavy (non-hydrogen) atoms. The molecule has 4 rings (SSSR count). The molecule has 5 N–H and O–H groups in total. The second kappa shape index (κ2) is 8.17. The second-order valence-corrected chi connectivity index (χ2v) is 7.33. The Hall–Kier alpha value is -2.37. The quantitative estimate of drug-likeness (QED) is 0.436. The van der Waals surface area contributed by atoms with E-state index in [4.69, 9.17) is 4.74 Å². The smallest absolute Gasteiger partial charge is 0.181 e. The van der Waals surface area contributed by atoms with Gasteiger partial charge in [0.2, 0.25) is 0 Å². The van der Waals surface area contributed by atoms with Gasteiger partial charge in [-0.15, -0.1) is 5.10 Å². The summed E-state index contributed by atoms with van der Waals surface area (Å²) in [5.74, 6) is 0.600. The summed E-state index contributed by atoms with van der Waals surface area (Å²) in [4.78, 5) is 4.50. The van der Waals surface area contributed by atoms with Crippen LogP contribution in [-0.2, 0) is 4.74 Å². The van der Waals surface area contributed by atoms with E-state index >= 15 is 0 Å². The largest absolute Gasteiger partial charge is 0.394 e.